The zero-order valence-corrected chi connectivity index (χ0v) is 20.2. The van der Waals surface area contributed by atoms with E-state index in [-0.39, 0.29) is 11.5 Å². The van der Waals surface area contributed by atoms with Crippen LogP contribution in [0.2, 0.25) is 0 Å². The molecule has 0 bridgehead atoms. The lowest BCUT2D eigenvalue weighted by atomic mass is 9.99. The molecule has 8 heteroatoms. The Labute approximate surface area is 199 Å². The number of benzene rings is 2. The number of hydrogen-bond acceptors (Lipinski definition) is 6. The zero-order valence-electron chi connectivity index (χ0n) is 19.3. The number of fused-ring (bicyclic) bond motifs is 1. The maximum atomic E-state index is 13.7. The molecule has 1 aliphatic heterocycles. The molecule has 5 rings (SSSR count). The van der Waals surface area contributed by atoms with Crippen molar-refractivity contribution in [3.05, 3.63) is 72.2 Å². The Morgan fingerprint density at radius 1 is 1.12 bits per heavy atom. The predicted molar refractivity (Wildman–Crippen MR) is 133 cm³/mol. The number of aromatic nitrogens is 3. The van der Waals surface area contributed by atoms with Crippen LogP contribution in [0.25, 0.3) is 22.2 Å². The van der Waals surface area contributed by atoms with Crippen LogP contribution in [-0.2, 0) is 16.6 Å². The lowest BCUT2D eigenvalue weighted by molar-refractivity contribution is 0.282. The van der Waals surface area contributed by atoms with Crippen LogP contribution in [0.3, 0.4) is 0 Å². The molecule has 34 heavy (non-hydrogen) atoms. The summed E-state index contributed by atoms with van der Waals surface area (Å²) in [6.45, 7) is 5.78. The van der Waals surface area contributed by atoms with Crippen LogP contribution in [0.4, 0.5) is 5.82 Å². The summed E-state index contributed by atoms with van der Waals surface area (Å²) < 4.78 is 28.7. The minimum absolute atomic E-state index is 0.0961. The summed E-state index contributed by atoms with van der Waals surface area (Å²) in [6.07, 6.45) is 5.32. The van der Waals surface area contributed by atoms with Crippen molar-refractivity contribution < 1.29 is 13.5 Å². The Bertz CT molecular complexity index is 1440. The van der Waals surface area contributed by atoms with Crippen molar-refractivity contribution in [3.8, 4) is 11.1 Å². The molecule has 2 aromatic carbocycles. The van der Waals surface area contributed by atoms with Gasteiger partial charge in [-0.2, -0.15) is 0 Å². The number of anilines is 1. The predicted octanol–water partition coefficient (Wildman–Crippen LogP) is 4.37. The average Bonchev–Trinajstić information content (AvgIpc) is 3.25. The Morgan fingerprint density at radius 2 is 1.91 bits per heavy atom. The van der Waals surface area contributed by atoms with Crippen LogP contribution in [0.15, 0.2) is 66.0 Å². The molecule has 2 aromatic heterocycles. The second-order valence-electron chi connectivity index (χ2n) is 9.10. The van der Waals surface area contributed by atoms with Crippen molar-refractivity contribution in [1.29, 1.82) is 0 Å². The minimum atomic E-state index is -3.88. The molecule has 1 N–H and O–H groups in total. The highest BCUT2D eigenvalue weighted by molar-refractivity contribution is 7.90. The molecule has 1 saturated heterocycles. The first kappa shape index (κ1) is 22.6. The quantitative estimate of drug-likeness (QED) is 0.460. The van der Waals surface area contributed by atoms with E-state index < -0.39 is 10.0 Å². The summed E-state index contributed by atoms with van der Waals surface area (Å²) >= 11 is 0. The van der Waals surface area contributed by atoms with Crippen LogP contribution in [0.5, 0.6) is 0 Å². The van der Waals surface area contributed by atoms with E-state index in [0.29, 0.717) is 17.0 Å². The smallest absolute Gasteiger partial charge is 0.269 e. The number of hydrogen-bond donors (Lipinski definition) is 1. The van der Waals surface area contributed by atoms with Gasteiger partial charge < -0.3 is 10.0 Å². The van der Waals surface area contributed by atoms with E-state index in [9.17, 15) is 13.5 Å². The molecule has 1 aliphatic rings. The van der Waals surface area contributed by atoms with Gasteiger partial charge in [0.25, 0.3) is 10.0 Å². The molecule has 0 radical (unpaired) electrons. The third kappa shape index (κ3) is 3.97. The van der Waals surface area contributed by atoms with Gasteiger partial charge in [-0.3, -0.25) is 0 Å². The van der Waals surface area contributed by atoms with Crippen molar-refractivity contribution >= 4 is 26.9 Å². The van der Waals surface area contributed by atoms with E-state index in [1.54, 1.807) is 30.5 Å². The summed E-state index contributed by atoms with van der Waals surface area (Å²) in [6, 6.07) is 14.3. The second kappa shape index (κ2) is 8.85. The third-order valence-corrected chi connectivity index (χ3v) is 8.15. The van der Waals surface area contributed by atoms with Crippen molar-refractivity contribution in [2.24, 2.45) is 5.92 Å². The number of aliphatic hydroxyl groups is 1. The number of nitrogens with zero attached hydrogens (tertiary/aromatic N) is 4. The first-order chi connectivity index (χ1) is 16.4. The van der Waals surface area contributed by atoms with Gasteiger partial charge in [0.15, 0.2) is 5.65 Å². The fourth-order valence-corrected chi connectivity index (χ4v) is 6.02. The van der Waals surface area contributed by atoms with Gasteiger partial charge in [0.05, 0.1) is 16.9 Å². The monoisotopic (exact) mass is 476 g/mol. The minimum Gasteiger partial charge on any atom is -0.392 e. The average molecular weight is 477 g/mol. The van der Waals surface area contributed by atoms with E-state index in [2.05, 4.69) is 21.8 Å². The molecule has 4 aromatic rings. The molecule has 176 valence electrons. The van der Waals surface area contributed by atoms with Crippen LogP contribution in [0.1, 0.15) is 30.9 Å². The summed E-state index contributed by atoms with van der Waals surface area (Å²) in [5.41, 5.74) is 3.64. The number of aliphatic hydroxyl groups excluding tert-OH is 1. The van der Waals surface area contributed by atoms with E-state index in [0.717, 1.165) is 47.6 Å². The highest BCUT2D eigenvalue weighted by Crippen LogP contribution is 2.38. The van der Waals surface area contributed by atoms with Gasteiger partial charge in [0.2, 0.25) is 0 Å². The molecule has 0 saturated carbocycles. The van der Waals surface area contributed by atoms with Gasteiger partial charge in [-0.1, -0.05) is 42.8 Å². The van der Waals surface area contributed by atoms with E-state index in [4.69, 9.17) is 0 Å². The summed E-state index contributed by atoms with van der Waals surface area (Å²) in [4.78, 5) is 11.5. The number of piperidine rings is 1. The zero-order chi connectivity index (χ0) is 23.9. The van der Waals surface area contributed by atoms with Crippen molar-refractivity contribution in [2.45, 2.75) is 38.2 Å². The van der Waals surface area contributed by atoms with E-state index in [1.165, 1.54) is 16.7 Å². The molecule has 0 aliphatic carbocycles. The summed E-state index contributed by atoms with van der Waals surface area (Å²) in [7, 11) is -3.88. The van der Waals surface area contributed by atoms with E-state index in [1.807, 2.05) is 31.2 Å². The maximum Gasteiger partial charge on any atom is 0.269 e. The van der Waals surface area contributed by atoms with Crippen LogP contribution in [-0.4, -0.2) is 40.6 Å². The molecule has 1 atom stereocenters. The largest absolute Gasteiger partial charge is 0.392 e. The molecule has 0 spiro atoms. The molecule has 1 unspecified atom stereocenters. The molecule has 3 heterocycles. The number of aryl methyl sites for hydroxylation is 1. The van der Waals surface area contributed by atoms with E-state index >= 15 is 0 Å². The van der Waals surface area contributed by atoms with Crippen molar-refractivity contribution in [2.75, 3.05) is 18.0 Å². The fraction of sp³-hybridized carbons (Fsp3) is 0.308. The molecule has 0 amide bonds. The Morgan fingerprint density at radius 3 is 2.65 bits per heavy atom. The second-order valence-corrected chi connectivity index (χ2v) is 10.9. The topological polar surface area (TPSA) is 88.3 Å². The van der Waals surface area contributed by atoms with Gasteiger partial charge in [0, 0.05) is 24.8 Å². The summed E-state index contributed by atoms with van der Waals surface area (Å²) in [5, 5.41) is 10.4. The first-order valence-electron chi connectivity index (χ1n) is 11.5. The molecule has 7 nitrogen and oxygen atoms in total. The van der Waals surface area contributed by atoms with Crippen molar-refractivity contribution in [1.82, 2.24) is 13.9 Å². The Hall–Kier alpha value is -3.23. The lowest BCUT2D eigenvalue weighted by Crippen LogP contribution is -2.35. The SMILES string of the molecule is Cc1ccc(S(=O)(=O)n2cc(-c3cccc(CO)c3)c3c(N4CCCC(C)C4)ncnc32)cc1. The highest BCUT2D eigenvalue weighted by atomic mass is 32.2. The van der Waals surface area contributed by atoms with Crippen LogP contribution in [0, 0.1) is 12.8 Å². The lowest BCUT2D eigenvalue weighted by Gasteiger charge is -2.32. The first-order valence-corrected chi connectivity index (χ1v) is 13.0. The highest BCUT2D eigenvalue weighted by Gasteiger charge is 2.28. The maximum absolute atomic E-state index is 13.7. The molecule has 1 fully saturated rings. The normalized spacial score (nSPS) is 16.8. The van der Waals surface area contributed by atoms with Gasteiger partial charge >= 0.3 is 0 Å². The summed E-state index contributed by atoms with van der Waals surface area (Å²) in [5.74, 6) is 1.28. The van der Waals surface area contributed by atoms with Crippen LogP contribution >= 0.6 is 0 Å². The molecular weight excluding hydrogens is 448 g/mol. The number of rotatable bonds is 5. The van der Waals surface area contributed by atoms with Gasteiger partial charge in [-0.15, -0.1) is 0 Å². The van der Waals surface area contributed by atoms with Crippen LogP contribution < -0.4 is 4.90 Å². The van der Waals surface area contributed by atoms with Gasteiger partial charge in [0.1, 0.15) is 12.1 Å². The fourth-order valence-electron chi connectivity index (χ4n) is 4.70. The third-order valence-electron chi connectivity index (χ3n) is 6.49. The van der Waals surface area contributed by atoms with Gasteiger partial charge in [-0.25, -0.2) is 22.4 Å². The standard InChI is InChI=1S/C26H28N4O3S/c1-18-8-10-22(11-9-18)34(32,33)30-15-23(21-7-3-6-20(13-21)16-31)24-25(27-17-28-26(24)30)29-12-4-5-19(2)14-29/h3,6-11,13,15,17,19,31H,4-5,12,14,16H2,1-2H3. The van der Waals surface area contributed by atoms with Crippen molar-refractivity contribution in [3.63, 3.8) is 0 Å². The van der Waals surface area contributed by atoms with Gasteiger partial charge in [-0.05, 0) is 55.0 Å². The Kier molecular flexibility index (Phi) is 5.87. The molecular formula is C26H28N4O3S. The Balaban J connectivity index is 1.78.